The summed E-state index contributed by atoms with van der Waals surface area (Å²) in [4.78, 5) is 0. The molecule has 0 radical (unpaired) electrons. The average Bonchev–Trinajstić information content (AvgIpc) is 2.94. The molecular weight excluding hydrogens is 277 g/mol. The first-order valence-electron chi connectivity index (χ1n) is 6.34. The Hall–Kier alpha value is -2.56. The molecular formula is C16H11F3N2. The van der Waals surface area contributed by atoms with Crippen LogP contribution >= 0.6 is 0 Å². The Morgan fingerprint density at radius 3 is 1.81 bits per heavy atom. The van der Waals surface area contributed by atoms with Crippen LogP contribution < -0.4 is 0 Å². The molecule has 0 spiro atoms. The van der Waals surface area contributed by atoms with Gasteiger partial charge in [0, 0.05) is 11.1 Å². The lowest BCUT2D eigenvalue weighted by Gasteiger charge is -2.10. The second-order valence-corrected chi connectivity index (χ2v) is 4.55. The fraction of sp³-hybridized carbons (Fsp3) is 0.0625. The van der Waals surface area contributed by atoms with E-state index in [1.54, 1.807) is 60.7 Å². The number of aromatic nitrogens is 2. The van der Waals surface area contributed by atoms with Crippen LogP contribution in [0.25, 0.3) is 22.5 Å². The van der Waals surface area contributed by atoms with Gasteiger partial charge in [0.05, 0.1) is 5.69 Å². The number of benzene rings is 2. The zero-order valence-corrected chi connectivity index (χ0v) is 10.9. The van der Waals surface area contributed by atoms with Crippen LogP contribution in [0.4, 0.5) is 13.2 Å². The molecule has 3 rings (SSSR count). The number of halogens is 3. The highest BCUT2D eigenvalue weighted by molar-refractivity contribution is 5.74. The molecule has 3 aromatic rings. The number of nitrogens with zero attached hydrogens (tertiary/aromatic N) is 1. The predicted molar refractivity (Wildman–Crippen MR) is 74.5 cm³/mol. The van der Waals surface area contributed by atoms with Crippen LogP contribution in [-0.4, -0.2) is 10.2 Å². The van der Waals surface area contributed by atoms with Gasteiger partial charge in [0.25, 0.3) is 0 Å². The number of aromatic amines is 1. The molecule has 1 aromatic heterocycles. The summed E-state index contributed by atoms with van der Waals surface area (Å²) in [6, 6.07) is 16.7. The summed E-state index contributed by atoms with van der Waals surface area (Å²) in [7, 11) is 0. The number of alkyl halides is 3. The second-order valence-electron chi connectivity index (χ2n) is 4.55. The number of nitrogens with one attached hydrogen (secondary N) is 1. The minimum atomic E-state index is -4.48. The van der Waals surface area contributed by atoms with E-state index in [0.29, 0.717) is 11.1 Å². The molecule has 5 heteroatoms. The summed E-state index contributed by atoms with van der Waals surface area (Å²) in [6.07, 6.45) is -4.48. The Kier molecular flexibility index (Phi) is 3.25. The number of hydrogen-bond acceptors (Lipinski definition) is 1. The zero-order chi connectivity index (χ0) is 14.9. The third-order valence-electron chi connectivity index (χ3n) is 3.16. The number of rotatable bonds is 2. The van der Waals surface area contributed by atoms with E-state index in [1.807, 2.05) is 0 Å². The lowest BCUT2D eigenvalue weighted by Crippen LogP contribution is -2.07. The fourth-order valence-corrected chi connectivity index (χ4v) is 2.24. The third-order valence-corrected chi connectivity index (χ3v) is 3.16. The largest absolute Gasteiger partial charge is 0.420 e. The topological polar surface area (TPSA) is 28.7 Å². The molecule has 106 valence electrons. The van der Waals surface area contributed by atoms with Gasteiger partial charge in [0.2, 0.25) is 0 Å². The van der Waals surface area contributed by atoms with Crippen molar-refractivity contribution in [1.29, 1.82) is 0 Å². The van der Waals surface area contributed by atoms with Gasteiger partial charge < -0.3 is 0 Å². The molecule has 2 nitrogen and oxygen atoms in total. The van der Waals surface area contributed by atoms with Crippen molar-refractivity contribution in [2.75, 3.05) is 0 Å². The maximum atomic E-state index is 13.5. The molecule has 1 heterocycles. The van der Waals surface area contributed by atoms with Gasteiger partial charge in [-0.15, -0.1) is 0 Å². The maximum Gasteiger partial charge on any atom is 0.420 e. The van der Waals surface area contributed by atoms with Crippen molar-refractivity contribution in [1.82, 2.24) is 10.2 Å². The van der Waals surface area contributed by atoms with Crippen LogP contribution in [0.2, 0.25) is 0 Å². The van der Waals surface area contributed by atoms with Crippen molar-refractivity contribution in [3.05, 3.63) is 66.2 Å². The van der Waals surface area contributed by atoms with Crippen molar-refractivity contribution < 1.29 is 13.2 Å². The predicted octanol–water partition coefficient (Wildman–Crippen LogP) is 4.76. The molecule has 0 saturated carbocycles. The third kappa shape index (κ3) is 2.54. The Morgan fingerprint density at radius 2 is 1.29 bits per heavy atom. The van der Waals surface area contributed by atoms with E-state index in [0.717, 1.165) is 0 Å². The normalized spacial score (nSPS) is 11.6. The molecule has 0 aliphatic carbocycles. The summed E-state index contributed by atoms with van der Waals surface area (Å²) in [5, 5.41) is 6.41. The lowest BCUT2D eigenvalue weighted by atomic mass is 10.0. The molecule has 0 aliphatic rings. The van der Waals surface area contributed by atoms with E-state index in [4.69, 9.17) is 0 Å². The standard InChI is InChI=1S/C16H11F3N2/c17-16(18,19)13-14(11-7-3-1-4-8-11)20-21-15(13)12-9-5-2-6-10-12/h1-10H,(H,20,21). The Balaban J connectivity index is 2.23. The van der Waals surface area contributed by atoms with Gasteiger partial charge in [0.1, 0.15) is 11.3 Å². The Morgan fingerprint density at radius 1 is 0.762 bits per heavy atom. The number of H-pyrrole nitrogens is 1. The highest BCUT2D eigenvalue weighted by Gasteiger charge is 2.39. The molecule has 0 amide bonds. The van der Waals surface area contributed by atoms with Gasteiger partial charge in [-0.05, 0) is 0 Å². The van der Waals surface area contributed by atoms with E-state index in [-0.39, 0.29) is 11.4 Å². The lowest BCUT2D eigenvalue weighted by molar-refractivity contribution is -0.136. The van der Waals surface area contributed by atoms with Gasteiger partial charge in [-0.25, -0.2) is 0 Å². The minimum absolute atomic E-state index is 0.0121. The average molecular weight is 288 g/mol. The van der Waals surface area contributed by atoms with Crippen LogP contribution in [0.15, 0.2) is 60.7 Å². The van der Waals surface area contributed by atoms with E-state index in [9.17, 15) is 13.2 Å². The van der Waals surface area contributed by atoms with Gasteiger partial charge >= 0.3 is 6.18 Å². The van der Waals surface area contributed by atoms with E-state index < -0.39 is 11.7 Å². The van der Waals surface area contributed by atoms with Crippen molar-refractivity contribution in [2.45, 2.75) is 6.18 Å². The number of hydrogen-bond donors (Lipinski definition) is 1. The quantitative estimate of drug-likeness (QED) is 0.723. The fourth-order valence-electron chi connectivity index (χ4n) is 2.24. The van der Waals surface area contributed by atoms with Crippen LogP contribution in [0.1, 0.15) is 5.56 Å². The molecule has 0 atom stereocenters. The molecule has 0 aliphatic heterocycles. The first-order valence-corrected chi connectivity index (χ1v) is 6.34. The zero-order valence-electron chi connectivity index (χ0n) is 10.9. The van der Waals surface area contributed by atoms with E-state index >= 15 is 0 Å². The molecule has 0 saturated heterocycles. The van der Waals surface area contributed by atoms with E-state index in [1.165, 1.54) is 0 Å². The summed E-state index contributed by atoms with van der Waals surface area (Å²) in [5.74, 6) is 0. The summed E-state index contributed by atoms with van der Waals surface area (Å²) < 4.78 is 40.4. The minimum Gasteiger partial charge on any atom is -0.277 e. The van der Waals surface area contributed by atoms with Gasteiger partial charge in [0.15, 0.2) is 0 Å². The second kappa shape index (κ2) is 5.09. The van der Waals surface area contributed by atoms with Crippen molar-refractivity contribution >= 4 is 0 Å². The van der Waals surface area contributed by atoms with Crippen LogP contribution in [0, 0.1) is 0 Å². The first-order chi connectivity index (χ1) is 10.1. The van der Waals surface area contributed by atoms with Gasteiger partial charge in [-0.3, -0.25) is 5.10 Å². The van der Waals surface area contributed by atoms with Crippen LogP contribution in [-0.2, 0) is 6.18 Å². The van der Waals surface area contributed by atoms with E-state index in [2.05, 4.69) is 10.2 Å². The van der Waals surface area contributed by atoms with Crippen molar-refractivity contribution in [2.24, 2.45) is 0 Å². The van der Waals surface area contributed by atoms with Gasteiger partial charge in [-0.2, -0.15) is 18.3 Å². The first kappa shape index (κ1) is 13.4. The summed E-state index contributed by atoms with van der Waals surface area (Å²) >= 11 is 0. The Labute approximate surface area is 119 Å². The molecule has 21 heavy (non-hydrogen) atoms. The molecule has 0 bridgehead atoms. The highest BCUT2D eigenvalue weighted by Crippen LogP contribution is 2.41. The SMILES string of the molecule is FC(F)(F)c1c(-c2ccccc2)n[nH]c1-c1ccccc1. The molecule has 0 unspecified atom stereocenters. The monoisotopic (exact) mass is 288 g/mol. The Bertz CT molecular complexity index is 674. The van der Waals surface area contributed by atoms with Crippen molar-refractivity contribution in [3.8, 4) is 22.5 Å². The summed E-state index contributed by atoms with van der Waals surface area (Å²) in [6.45, 7) is 0. The molecule has 2 aromatic carbocycles. The smallest absolute Gasteiger partial charge is 0.277 e. The van der Waals surface area contributed by atoms with Crippen LogP contribution in [0.3, 0.4) is 0 Å². The van der Waals surface area contributed by atoms with Crippen molar-refractivity contribution in [3.63, 3.8) is 0 Å². The molecule has 0 fully saturated rings. The highest BCUT2D eigenvalue weighted by atomic mass is 19.4. The van der Waals surface area contributed by atoms with Crippen LogP contribution in [0.5, 0.6) is 0 Å². The maximum absolute atomic E-state index is 13.5. The summed E-state index contributed by atoms with van der Waals surface area (Å²) in [5.41, 5.74) is 0.0616. The van der Waals surface area contributed by atoms with Gasteiger partial charge in [-0.1, -0.05) is 60.7 Å². The molecule has 1 N–H and O–H groups in total.